The number of aromatic hydroxyl groups is 1. The van der Waals surface area contributed by atoms with E-state index >= 15 is 0 Å². The number of hydrogen-bond acceptors (Lipinski definition) is 7. The highest BCUT2D eigenvalue weighted by molar-refractivity contribution is 5.99. The second-order valence-corrected chi connectivity index (χ2v) is 8.83. The van der Waals surface area contributed by atoms with Crippen LogP contribution in [0.1, 0.15) is 94.0 Å². The lowest BCUT2D eigenvalue weighted by molar-refractivity contribution is 0.0931. The fourth-order valence-electron chi connectivity index (χ4n) is 3.04. The maximum atomic E-state index is 12.0. The van der Waals surface area contributed by atoms with E-state index < -0.39 is 23.4 Å². The minimum Gasteiger partial charge on any atom is -0.507 e. The Hall–Kier alpha value is -3.55. The highest BCUT2D eigenvalue weighted by atomic mass is 16.5. The average molecular weight is 532 g/mol. The molecule has 38 heavy (non-hydrogen) atoms. The van der Waals surface area contributed by atoms with E-state index in [0.717, 1.165) is 18.8 Å². The SMILES string of the molecule is CC.CCCOc1ccc(C)c(C)c1.COC(=O)N/C=C/CCC(C)c1cc(O)c(C(=O)C(C)C)c(=O)o1. The summed E-state index contributed by atoms with van der Waals surface area (Å²) in [5.74, 6) is -0.0526. The van der Waals surface area contributed by atoms with E-state index in [9.17, 15) is 19.5 Å². The number of Topliss-reactive ketones (excluding diaryl/α,β-unsaturated/α-hetero) is 1. The summed E-state index contributed by atoms with van der Waals surface area (Å²) in [7, 11) is 1.27. The van der Waals surface area contributed by atoms with Gasteiger partial charge in [-0.05, 0) is 56.4 Å². The molecular formula is C30H45NO7. The van der Waals surface area contributed by atoms with Crippen LogP contribution in [0.25, 0.3) is 0 Å². The van der Waals surface area contributed by atoms with Gasteiger partial charge in [-0.2, -0.15) is 0 Å². The number of allylic oxidation sites excluding steroid dienone is 1. The number of amides is 1. The Kier molecular flexibility index (Phi) is 16.9. The summed E-state index contributed by atoms with van der Waals surface area (Å²) in [6.07, 6.45) is 4.95. The van der Waals surface area contributed by atoms with E-state index in [2.05, 4.69) is 43.0 Å². The smallest absolute Gasteiger partial charge is 0.410 e. The lowest BCUT2D eigenvalue weighted by atomic mass is 9.99. The van der Waals surface area contributed by atoms with Crippen LogP contribution in [0.2, 0.25) is 0 Å². The number of methoxy groups -OCH3 is 1. The quantitative estimate of drug-likeness (QED) is 0.315. The Balaban J connectivity index is 0.000000815. The van der Waals surface area contributed by atoms with Crippen LogP contribution in [0.4, 0.5) is 4.79 Å². The summed E-state index contributed by atoms with van der Waals surface area (Å²) in [5.41, 5.74) is 1.49. The van der Waals surface area contributed by atoms with E-state index in [0.29, 0.717) is 18.6 Å². The molecule has 8 nitrogen and oxygen atoms in total. The zero-order valence-electron chi connectivity index (χ0n) is 24.3. The Bertz CT molecular complexity index is 1090. The molecule has 1 amide bonds. The molecule has 0 spiro atoms. The first kappa shape index (κ1) is 34.5. The van der Waals surface area contributed by atoms with Crippen molar-refractivity contribution >= 4 is 11.9 Å². The van der Waals surface area contributed by atoms with Crippen molar-refractivity contribution < 1.29 is 28.6 Å². The highest BCUT2D eigenvalue weighted by Crippen LogP contribution is 2.25. The Morgan fingerprint density at radius 3 is 2.29 bits per heavy atom. The number of aryl methyl sites for hydroxylation is 2. The number of carbonyl (C=O) groups is 2. The molecule has 2 N–H and O–H groups in total. The third kappa shape index (κ3) is 12.1. The van der Waals surface area contributed by atoms with Crippen LogP contribution in [0.15, 0.2) is 45.8 Å². The first-order valence-electron chi connectivity index (χ1n) is 13.1. The second-order valence-electron chi connectivity index (χ2n) is 8.83. The van der Waals surface area contributed by atoms with Crippen LogP contribution < -0.4 is 15.7 Å². The molecule has 0 aliphatic carbocycles. The van der Waals surface area contributed by atoms with E-state index in [1.165, 1.54) is 30.5 Å². The largest absolute Gasteiger partial charge is 0.507 e. The molecule has 1 heterocycles. The fourth-order valence-corrected chi connectivity index (χ4v) is 3.04. The third-order valence-corrected chi connectivity index (χ3v) is 5.43. The summed E-state index contributed by atoms with van der Waals surface area (Å²) >= 11 is 0. The molecule has 0 fully saturated rings. The number of nitrogens with one attached hydrogen (secondary N) is 1. The molecule has 0 bridgehead atoms. The first-order valence-corrected chi connectivity index (χ1v) is 13.1. The van der Waals surface area contributed by atoms with Crippen molar-refractivity contribution in [1.82, 2.24) is 5.32 Å². The molecule has 1 atom stereocenters. The van der Waals surface area contributed by atoms with Gasteiger partial charge >= 0.3 is 11.7 Å². The Labute approximate surface area is 227 Å². The van der Waals surface area contributed by atoms with Crippen molar-refractivity contribution in [1.29, 1.82) is 0 Å². The summed E-state index contributed by atoms with van der Waals surface area (Å²) in [6.45, 7) is 16.3. The fraction of sp³-hybridized carbons (Fsp3) is 0.500. The normalized spacial score (nSPS) is 11.1. The Morgan fingerprint density at radius 2 is 1.76 bits per heavy atom. The predicted octanol–water partition coefficient (Wildman–Crippen LogP) is 7.06. The van der Waals surface area contributed by atoms with E-state index in [-0.39, 0.29) is 17.2 Å². The standard InChI is InChI=1S/C17H23NO6.C11H16O.C2H6/c1-10(2)15(20)14-12(19)9-13(24-16(14)21)11(3)7-5-6-8-18-17(22)23-4;1-4-7-12-11-6-5-9(2)10(3)8-11;1-2/h6,8-11,19H,5,7H2,1-4H3,(H,18,22);5-6,8H,4,7H2,1-3H3;1-2H3/b8-6+;;. The molecule has 1 aromatic carbocycles. The first-order chi connectivity index (χ1) is 18.0. The van der Waals surface area contributed by atoms with Crippen LogP contribution in [-0.2, 0) is 4.74 Å². The average Bonchev–Trinajstić information content (AvgIpc) is 2.89. The molecule has 0 radical (unpaired) electrons. The van der Waals surface area contributed by atoms with Crippen molar-refractivity contribution in [3.63, 3.8) is 0 Å². The molecule has 2 rings (SSSR count). The molecule has 0 saturated heterocycles. The summed E-state index contributed by atoms with van der Waals surface area (Å²) in [5, 5.41) is 12.4. The van der Waals surface area contributed by atoms with Gasteiger partial charge in [0.1, 0.15) is 22.8 Å². The van der Waals surface area contributed by atoms with Crippen LogP contribution in [-0.4, -0.2) is 30.7 Å². The van der Waals surface area contributed by atoms with Crippen molar-refractivity contribution in [2.45, 2.75) is 80.6 Å². The monoisotopic (exact) mass is 531 g/mol. The number of alkyl carbamates (subject to hydrolysis) is 1. The van der Waals surface area contributed by atoms with E-state index in [1.54, 1.807) is 19.9 Å². The third-order valence-electron chi connectivity index (χ3n) is 5.43. The van der Waals surface area contributed by atoms with Gasteiger partial charge in [0.15, 0.2) is 5.78 Å². The molecule has 0 aliphatic heterocycles. The zero-order valence-corrected chi connectivity index (χ0v) is 24.3. The number of benzene rings is 1. The number of ether oxygens (including phenoxy) is 2. The van der Waals surface area contributed by atoms with Gasteiger partial charge in [-0.3, -0.25) is 10.1 Å². The van der Waals surface area contributed by atoms with Crippen molar-refractivity contribution in [3.05, 3.63) is 69.4 Å². The van der Waals surface area contributed by atoms with Gasteiger partial charge in [-0.1, -0.05) is 53.7 Å². The molecular weight excluding hydrogens is 486 g/mol. The minimum absolute atomic E-state index is 0.144. The molecule has 0 saturated carbocycles. The lowest BCUT2D eigenvalue weighted by Crippen LogP contribution is -2.19. The number of ketones is 1. The maximum Gasteiger partial charge on any atom is 0.410 e. The molecule has 212 valence electrons. The summed E-state index contributed by atoms with van der Waals surface area (Å²) in [4.78, 5) is 34.7. The maximum absolute atomic E-state index is 12.0. The minimum atomic E-state index is -0.821. The predicted molar refractivity (Wildman–Crippen MR) is 151 cm³/mol. The Morgan fingerprint density at radius 1 is 1.11 bits per heavy atom. The van der Waals surface area contributed by atoms with Gasteiger partial charge in [0.25, 0.3) is 0 Å². The van der Waals surface area contributed by atoms with Crippen LogP contribution in [0.5, 0.6) is 11.5 Å². The molecule has 8 heteroatoms. The molecule has 2 aromatic rings. The molecule has 1 aromatic heterocycles. The van der Waals surface area contributed by atoms with Gasteiger partial charge in [0, 0.05) is 24.1 Å². The number of rotatable bonds is 10. The van der Waals surface area contributed by atoms with E-state index in [4.69, 9.17) is 9.15 Å². The van der Waals surface area contributed by atoms with Crippen LogP contribution >= 0.6 is 0 Å². The number of carbonyl (C=O) groups excluding carboxylic acids is 2. The van der Waals surface area contributed by atoms with Gasteiger partial charge in [-0.25, -0.2) is 9.59 Å². The summed E-state index contributed by atoms with van der Waals surface area (Å²) < 4.78 is 15.1. The van der Waals surface area contributed by atoms with Gasteiger partial charge in [0.2, 0.25) is 0 Å². The van der Waals surface area contributed by atoms with E-state index in [1.807, 2.05) is 26.8 Å². The number of hydrogen-bond donors (Lipinski definition) is 2. The van der Waals surface area contributed by atoms with Crippen LogP contribution in [0, 0.1) is 19.8 Å². The van der Waals surface area contributed by atoms with Gasteiger partial charge in [-0.15, -0.1) is 0 Å². The molecule has 0 aliphatic rings. The highest BCUT2D eigenvalue weighted by Gasteiger charge is 2.22. The summed E-state index contributed by atoms with van der Waals surface area (Å²) in [6, 6.07) is 7.53. The second kappa shape index (κ2) is 18.7. The lowest BCUT2D eigenvalue weighted by Gasteiger charge is -2.11. The molecule has 1 unspecified atom stereocenters. The van der Waals surface area contributed by atoms with Gasteiger partial charge < -0.3 is 19.0 Å². The van der Waals surface area contributed by atoms with Crippen molar-refractivity contribution in [2.24, 2.45) is 5.92 Å². The zero-order chi connectivity index (χ0) is 29.3. The van der Waals surface area contributed by atoms with Crippen molar-refractivity contribution in [2.75, 3.05) is 13.7 Å². The topological polar surface area (TPSA) is 115 Å². The van der Waals surface area contributed by atoms with Crippen LogP contribution in [0.3, 0.4) is 0 Å². The van der Waals surface area contributed by atoms with Gasteiger partial charge in [0.05, 0.1) is 13.7 Å². The van der Waals surface area contributed by atoms with Crippen molar-refractivity contribution in [3.8, 4) is 11.5 Å².